The number of nitrogens with zero attached hydrogens (tertiary/aromatic N) is 1. The molecular weight excluding hydrogens is 594 g/mol. The van der Waals surface area contributed by atoms with Gasteiger partial charge in [0.05, 0.1) is 40.3 Å². The van der Waals surface area contributed by atoms with Crippen LogP contribution in [0.1, 0.15) is 155 Å². The van der Waals surface area contributed by atoms with Crippen molar-refractivity contribution in [2.24, 2.45) is 0 Å². The van der Waals surface area contributed by atoms with Crippen LogP contribution in [0.5, 0.6) is 0 Å². The van der Waals surface area contributed by atoms with E-state index in [-0.39, 0.29) is 49.1 Å². The number of hydrogen-bond donors (Lipinski definition) is 0. The molecule has 0 rings (SSSR count). The number of rotatable bonds is 33. The van der Waals surface area contributed by atoms with Crippen molar-refractivity contribution in [3.8, 4) is 0 Å². The maximum atomic E-state index is 12.6. The minimum Gasteiger partial charge on any atom is -0.544 e. The topological polar surface area (TPSA) is 102 Å². The Morgan fingerprint density at radius 3 is 1.74 bits per heavy atom. The second-order valence-corrected chi connectivity index (χ2v) is 13.8. The predicted molar refractivity (Wildman–Crippen MR) is 190 cm³/mol. The molecule has 8 heteroatoms. The third-order valence-corrected chi connectivity index (χ3v) is 8.35. The summed E-state index contributed by atoms with van der Waals surface area (Å²) >= 11 is 0. The van der Waals surface area contributed by atoms with Gasteiger partial charge in [0.1, 0.15) is 12.6 Å². The zero-order valence-electron chi connectivity index (χ0n) is 30.9. The largest absolute Gasteiger partial charge is 0.544 e. The van der Waals surface area contributed by atoms with Gasteiger partial charge in [-0.15, -0.1) is 0 Å². The Bertz CT molecular complexity index is 834. The van der Waals surface area contributed by atoms with Gasteiger partial charge < -0.3 is 28.6 Å². The Labute approximate surface area is 288 Å². The molecule has 274 valence electrons. The van der Waals surface area contributed by atoms with E-state index in [0.29, 0.717) is 12.8 Å². The van der Waals surface area contributed by atoms with Crippen LogP contribution in [-0.2, 0) is 28.6 Å². The maximum absolute atomic E-state index is 12.6. The van der Waals surface area contributed by atoms with Crippen LogP contribution in [0.4, 0.5) is 0 Å². The minimum atomic E-state index is -1.13. The van der Waals surface area contributed by atoms with Gasteiger partial charge >= 0.3 is 11.9 Å². The average Bonchev–Trinajstić information content (AvgIpc) is 3.01. The van der Waals surface area contributed by atoms with E-state index in [9.17, 15) is 19.5 Å². The number of carboxylic acids is 1. The van der Waals surface area contributed by atoms with Crippen molar-refractivity contribution in [3.63, 3.8) is 0 Å². The number of esters is 2. The Morgan fingerprint density at radius 1 is 0.660 bits per heavy atom. The number of aliphatic carboxylic acids is 1. The molecule has 0 N–H and O–H groups in total. The highest BCUT2D eigenvalue weighted by Gasteiger charge is 2.25. The highest BCUT2D eigenvalue weighted by Crippen LogP contribution is 2.14. The molecule has 0 fully saturated rings. The van der Waals surface area contributed by atoms with E-state index in [1.165, 1.54) is 70.6 Å². The van der Waals surface area contributed by atoms with Crippen molar-refractivity contribution >= 4 is 17.9 Å². The van der Waals surface area contributed by atoms with Crippen molar-refractivity contribution < 1.29 is 38.2 Å². The quantitative estimate of drug-likeness (QED) is 0.0303. The first-order valence-electron chi connectivity index (χ1n) is 18.9. The van der Waals surface area contributed by atoms with Gasteiger partial charge in [0.15, 0.2) is 6.10 Å². The first kappa shape index (κ1) is 44.8. The van der Waals surface area contributed by atoms with Crippen LogP contribution in [-0.4, -0.2) is 75.5 Å². The molecule has 2 atom stereocenters. The number of ether oxygens (including phenoxy) is 3. The van der Waals surface area contributed by atoms with Crippen LogP contribution < -0.4 is 5.11 Å². The summed E-state index contributed by atoms with van der Waals surface area (Å²) in [6, 6.07) is -0.726. The van der Waals surface area contributed by atoms with E-state index in [1.54, 1.807) is 21.1 Å². The average molecular weight is 666 g/mol. The van der Waals surface area contributed by atoms with Crippen molar-refractivity contribution in [3.05, 3.63) is 24.3 Å². The molecule has 0 saturated carbocycles. The summed E-state index contributed by atoms with van der Waals surface area (Å²) in [5.74, 6) is -1.78. The second-order valence-electron chi connectivity index (χ2n) is 13.8. The van der Waals surface area contributed by atoms with Crippen LogP contribution in [0.2, 0.25) is 0 Å². The number of carbonyl (C=O) groups is 3. The standard InChI is InChI=1S/C39H71NO7/c1-6-8-10-12-14-16-17-18-19-20-22-23-25-27-29-37(41)46-34-35(33-45-32-31-36(39(43)44)40(3,4)5)47-38(42)30-28-26-24-21-15-13-11-9-7-2/h9,11,15,21,35-36H,6-8,10,12-14,16-20,22-34H2,1-5H3/b11-9+,21-15+. The number of unbranched alkanes of at least 4 members (excludes halogenated alkanes) is 15. The van der Waals surface area contributed by atoms with Crippen LogP contribution in [0.25, 0.3) is 0 Å². The first-order valence-corrected chi connectivity index (χ1v) is 18.9. The smallest absolute Gasteiger partial charge is 0.306 e. The van der Waals surface area contributed by atoms with Crippen molar-refractivity contribution in [2.75, 3.05) is 41.0 Å². The summed E-state index contributed by atoms with van der Waals surface area (Å²) in [7, 11) is 5.38. The highest BCUT2D eigenvalue weighted by molar-refractivity contribution is 5.70. The zero-order chi connectivity index (χ0) is 35.0. The molecule has 0 heterocycles. The zero-order valence-corrected chi connectivity index (χ0v) is 30.9. The molecule has 47 heavy (non-hydrogen) atoms. The maximum Gasteiger partial charge on any atom is 0.306 e. The van der Waals surface area contributed by atoms with E-state index in [0.717, 1.165) is 44.9 Å². The SMILES string of the molecule is CC/C=C/C/C=C/CCCCC(=O)OC(COCCC(C(=O)[O-])[N+](C)(C)C)COC(=O)CCCCCCCCCCCCCCCC. The van der Waals surface area contributed by atoms with Gasteiger partial charge in [-0.3, -0.25) is 9.59 Å². The van der Waals surface area contributed by atoms with Crippen molar-refractivity contribution in [1.82, 2.24) is 0 Å². The summed E-state index contributed by atoms with van der Waals surface area (Å²) < 4.78 is 17.0. The van der Waals surface area contributed by atoms with Crippen LogP contribution in [0, 0.1) is 0 Å². The molecular formula is C39H71NO7. The normalized spacial score (nSPS) is 13.3. The molecule has 0 bridgehead atoms. The number of likely N-dealkylation sites (N-methyl/N-ethyl adjacent to an activating group) is 1. The number of hydrogen-bond acceptors (Lipinski definition) is 7. The van der Waals surface area contributed by atoms with E-state index >= 15 is 0 Å². The molecule has 0 aliphatic rings. The Balaban J connectivity index is 4.40. The van der Waals surface area contributed by atoms with E-state index in [4.69, 9.17) is 14.2 Å². The molecule has 8 nitrogen and oxygen atoms in total. The summed E-state index contributed by atoms with van der Waals surface area (Å²) in [4.78, 5) is 36.5. The molecule has 0 aromatic heterocycles. The molecule has 0 radical (unpaired) electrons. The van der Waals surface area contributed by atoms with Gasteiger partial charge in [0.2, 0.25) is 0 Å². The molecule has 0 aliphatic heterocycles. The summed E-state index contributed by atoms with van der Waals surface area (Å²) in [6.07, 6.45) is 30.7. The fourth-order valence-electron chi connectivity index (χ4n) is 5.40. The van der Waals surface area contributed by atoms with Crippen molar-refractivity contribution in [1.29, 1.82) is 0 Å². The third kappa shape index (κ3) is 29.7. The van der Waals surface area contributed by atoms with Crippen molar-refractivity contribution in [2.45, 2.75) is 167 Å². The van der Waals surface area contributed by atoms with E-state index < -0.39 is 18.1 Å². The second kappa shape index (κ2) is 31.1. The number of quaternary nitrogens is 1. The van der Waals surface area contributed by atoms with Gasteiger partial charge in [-0.1, -0.05) is 122 Å². The van der Waals surface area contributed by atoms with E-state index in [2.05, 4.69) is 38.2 Å². The molecule has 0 saturated heterocycles. The Hall–Kier alpha value is -2.19. The fraction of sp³-hybridized carbons (Fsp3) is 0.821. The minimum absolute atomic E-state index is 0.0306. The lowest BCUT2D eigenvalue weighted by molar-refractivity contribution is -0.889. The van der Waals surface area contributed by atoms with Gasteiger partial charge in [0.25, 0.3) is 0 Å². The lowest BCUT2D eigenvalue weighted by Gasteiger charge is -2.34. The Kier molecular flexibility index (Phi) is 29.7. The first-order chi connectivity index (χ1) is 22.6. The van der Waals surface area contributed by atoms with Gasteiger partial charge in [0, 0.05) is 19.3 Å². The van der Waals surface area contributed by atoms with Gasteiger partial charge in [-0.05, 0) is 38.5 Å². The van der Waals surface area contributed by atoms with Crippen LogP contribution >= 0.6 is 0 Å². The van der Waals surface area contributed by atoms with Gasteiger partial charge in [-0.25, -0.2) is 0 Å². The molecule has 0 amide bonds. The molecule has 0 spiro atoms. The fourth-order valence-corrected chi connectivity index (χ4v) is 5.40. The summed E-state index contributed by atoms with van der Waals surface area (Å²) in [5.41, 5.74) is 0. The number of allylic oxidation sites excluding steroid dienone is 4. The summed E-state index contributed by atoms with van der Waals surface area (Å²) in [5, 5.41) is 11.5. The highest BCUT2D eigenvalue weighted by atomic mass is 16.6. The number of carbonyl (C=O) groups excluding carboxylic acids is 3. The van der Waals surface area contributed by atoms with E-state index in [1.807, 2.05) is 0 Å². The number of carboxylic acid groups (broad SMARTS) is 1. The molecule has 0 aromatic rings. The molecule has 2 unspecified atom stereocenters. The molecule has 0 aromatic carbocycles. The van der Waals surface area contributed by atoms with Crippen LogP contribution in [0.3, 0.4) is 0 Å². The Morgan fingerprint density at radius 2 is 1.19 bits per heavy atom. The summed E-state index contributed by atoms with van der Waals surface area (Å²) in [6.45, 7) is 4.49. The van der Waals surface area contributed by atoms with Gasteiger partial charge in [-0.2, -0.15) is 0 Å². The lowest BCUT2D eigenvalue weighted by atomic mass is 10.0. The van der Waals surface area contributed by atoms with Crippen LogP contribution in [0.15, 0.2) is 24.3 Å². The third-order valence-electron chi connectivity index (χ3n) is 8.35. The predicted octanol–water partition coefficient (Wildman–Crippen LogP) is 8.02. The molecule has 0 aliphatic carbocycles. The lowest BCUT2D eigenvalue weighted by Crippen LogP contribution is -2.55. The monoisotopic (exact) mass is 666 g/mol.